The molecule has 0 spiro atoms. The number of nitrogens with zero attached hydrogens (tertiary/aromatic N) is 3. The van der Waals surface area contributed by atoms with E-state index in [0.29, 0.717) is 29.1 Å². The number of ether oxygens (including phenoxy) is 1. The number of aromatic nitrogens is 3. The molecule has 4 bridgehead atoms. The van der Waals surface area contributed by atoms with Crippen molar-refractivity contribution in [3.05, 3.63) is 42.5 Å². The maximum Gasteiger partial charge on any atom is 0.165 e. The maximum absolute atomic E-state index is 14.3. The van der Waals surface area contributed by atoms with Crippen LogP contribution in [0.25, 0.3) is 16.8 Å². The molecule has 4 rings (SSSR count). The third-order valence-electron chi connectivity index (χ3n) is 3.75. The van der Waals surface area contributed by atoms with E-state index in [4.69, 9.17) is 4.74 Å². The van der Waals surface area contributed by atoms with Crippen LogP contribution >= 0.6 is 0 Å². The Kier molecular flexibility index (Phi) is 3.55. The lowest BCUT2D eigenvalue weighted by molar-refractivity contribution is 0.315. The zero-order valence-electron chi connectivity index (χ0n) is 12.4. The summed E-state index contributed by atoms with van der Waals surface area (Å²) < 4.78 is 21.6. The van der Waals surface area contributed by atoms with Crippen molar-refractivity contribution in [2.45, 2.75) is 0 Å². The summed E-state index contributed by atoms with van der Waals surface area (Å²) in [4.78, 5) is 4.55. The van der Waals surface area contributed by atoms with Crippen molar-refractivity contribution >= 4 is 11.5 Å². The Morgan fingerprint density at radius 2 is 2.09 bits per heavy atom. The zero-order chi connectivity index (χ0) is 15.6. The summed E-state index contributed by atoms with van der Waals surface area (Å²) in [7, 11) is 0. The number of nitrogens with one attached hydrogen (secondary N) is 2. The van der Waals surface area contributed by atoms with Crippen molar-refractivity contribution in [2.75, 3.05) is 31.6 Å². The Bertz CT molecular complexity index is 848. The summed E-state index contributed by atoms with van der Waals surface area (Å²) in [5, 5.41) is 10.8. The Labute approximate surface area is 132 Å². The van der Waals surface area contributed by atoms with Crippen LogP contribution < -0.4 is 15.4 Å². The highest BCUT2D eigenvalue weighted by molar-refractivity contribution is 5.78. The van der Waals surface area contributed by atoms with Gasteiger partial charge in [0.1, 0.15) is 24.0 Å². The van der Waals surface area contributed by atoms with E-state index in [2.05, 4.69) is 20.7 Å². The third-order valence-corrected chi connectivity index (χ3v) is 3.75. The number of hydrogen-bond acceptors (Lipinski definition) is 5. The normalized spacial score (nSPS) is 15.0. The molecule has 6 nitrogen and oxygen atoms in total. The molecule has 0 radical (unpaired) electrons. The highest BCUT2D eigenvalue weighted by Gasteiger charge is 2.14. The van der Waals surface area contributed by atoms with Gasteiger partial charge in [-0.3, -0.25) is 0 Å². The van der Waals surface area contributed by atoms with E-state index in [1.807, 2.05) is 12.3 Å². The summed E-state index contributed by atoms with van der Waals surface area (Å²) in [6.07, 6.45) is 3.44. The van der Waals surface area contributed by atoms with Crippen molar-refractivity contribution in [2.24, 2.45) is 0 Å². The molecule has 2 aromatic heterocycles. The van der Waals surface area contributed by atoms with Gasteiger partial charge in [0.2, 0.25) is 0 Å². The summed E-state index contributed by atoms with van der Waals surface area (Å²) in [5.74, 6) is 1.05. The van der Waals surface area contributed by atoms with Crippen LogP contribution in [0.4, 0.5) is 10.2 Å². The van der Waals surface area contributed by atoms with Gasteiger partial charge in [-0.2, -0.15) is 5.10 Å². The lowest BCUT2D eigenvalue weighted by atomic mass is 10.1. The van der Waals surface area contributed by atoms with Gasteiger partial charge in [-0.05, 0) is 24.3 Å². The molecule has 3 aromatic rings. The van der Waals surface area contributed by atoms with Gasteiger partial charge in [0, 0.05) is 37.0 Å². The van der Waals surface area contributed by atoms with Gasteiger partial charge in [0.05, 0.1) is 6.20 Å². The second-order valence-corrected chi connectivity index (χ2v) is 5.31. The molecule has 0 fully saturated rings. The quantitative estimate of drug-likeness (QED) is 0.664. The molecule has 0 unspecified atom stereocenters. The predicted molar refractivity (Wildman–Crippen MR) is 85.2 cm³/mol. The summed E-state index contributed by atoms with van der Waals surface area (Å²) >= 11 is 0. The molecule has 0 saturated heterocycles. The predicted octanol–water partition coefficient (Wildman–Crippen LogP) is 1.93. The van der Waals surface area contributed by atoms with Gasteiger partial charge in [0.15, 0.2) is 5.65 Å². The Hall–Kier alpha value is -2.67. The van der Waals surface area contributed by atoms with Gasteiger partial charge >= 0.3 is 0 Å². The molecule has 1 aliphatic heterocycles. The Morgan fingerprint density at radius 1 is 1.13 bits per heavy atom. The van der Waals surface area contributed by atoms with Crippen LogP contribution in [0.15, 0.2) is 36.7 Å². The van der Waals surface area contributed by atoms with E-state index in [1.54, 1.807) is 22.8 Å². The van der Waals surface area contributed by atoms with Crippen LogP contribution in [-0.2, 0) is 0 Å². The first-order valence-electron chi connectivity index (χ1n) is 7.53. The van der Waals surface area contributed by atoms with Gasteiger partial charge in [-0.15, -0.1) is 0 Å². The highest BCUT2D eigenvalue weighted by Crippen LogP contribution is 2.30. The molecule has 1 aromatic carbocycles. The molecular weight excluding hydrogens is 297 g/mol. The molecular formula is C16H16FN5O. The molecule has 118 valence electrons. The van der Waals surface area contributed by atoms with Crippen LogP contribution in [0.3, 0.4) is 0 Å². The Morgan fingerprint density at radius 3 is 3.04 bits per heavy atom. The van der Waals surface area contributed by atoms with Gasteiger partial charge in [0.25, 0.3) is 0 Å². The molecule has 2 N–H and O–H groups in total. The standard InChI is InChI=1S/C16H16FN5O/c17-14-2-1-11-9-12(14)13-10-20-22-7-3-15(21-16(13)22)19-5-4-18-6-8-23-11/h1-3,7,9-10,18H,4-6,8H2,(H,19,21). The van der Waals surface area contributed by atoms with Crippen molar-refractivity contribution < 1.29 is 9.13 Å². The lowest BCUT2D eigenvalue weighted by Crippen LogP contribution is -2.26. The fourth-order valence-electron chi connectivity index (χ4n) is 2.60. The summed E-state index contributed by atoms with van der Waals surface area (Å²) in [5.41, 5.74) is 1.69. The van der Waals surface area contributed by atoms with Gasteiger partial charge in [-0.1, -0.05) is 0 Å². The van der Waals surface area contributed by atoms with Crippen molar-refractivity contribution in [1.29, 1.82) is 0 Å². The van der Waals surface area contributed by atoms with Crippen molar-refractivity contribution in [3.63, 3.8) is 0 Å². The molecule has 1 aliphatic rings. The SMILES string of the molecule is Fc1ccc2cc1-c1cnn3ccc(nc13)NCCNCCO2. The molecule has 23 heavy (non-hydrogen) atoms. The number of benzene rings is 1. The van der Waals surface area contributed by atoms with Crippen molar-refractivity contribution in [3.8, 4) is 16.9 Å². The minimum atomic E-state index is -0.322. The fourth-order valence-corrected chi connectivity index (χ4v) is 2.60. The second kappa shape index (κ2) is 5.85. The molecule has 7 heteroatoms. The first kappa shape index (κ1) is 14.0. The van der Waals surface area contributed by atoms with Crippen molar-refractivity contribution in [1.82, 2.24) is 19.9 Å². The van der Waals surface area contributed by atoms with Crippen LogP contribution in [0.2, 0.25) is 0 Å². The minimum Gasteiger partial charge on any atom is -0.492 e. The summed E-state index contributed by atoms with van der Waals surface area (Å²) in [6, 6.07) is 6.60. The highest BCUT2D eigenvalue weighted by atomic mass is 19.1. The zero-order valence-corrected chi connectivity index (χ0v) is 12.4. The topological polar surface area (TPSA) is 63.5 Å². The average molecular weight is 313 g/mol. The maximum atomic E-state index is 14.3. The van der Waals surface area contributed by atoms with Crippen LogP contribution in [-0.4, -0.2) is 40.8 Å². The van der Waals surface area contributed by atoms with E-state index in [9.17, 15) is 4.39 Å². The smallest absolute Gasteiger partial charge is 0.165 e. The van der Waals surface area contributed by atoms with E-state index < -0.39 is 0 Å². The fraction of sp³-hybridized carbons (Fsp3) is 0.250. The summed E-state index contributed by atoms with van der Waals surface area (Å²) in [6.45, 7) is 2.79. The van der Waals surface area contributed by atoms with E-state index in [-0.39, 0.29) is 5.82 Å². The van der Waals surface area contributed by atoms with E-state index in [0.717, 1.165) is 25.5 Å². The average Bonchev–Trinajstić information content (AvgIpc) is 2.98. The largest absolute Gasteiger partial charge is 0.492 e. The number of fused-ring (bicyclic) bond motifs is 4. The molecule has 3 heterocycles. The van der Waals surface area contributed by atoms with Crippen LogP contribution in [0.5, 0.6) is 5.75 Å². The van der Waals surface area contributed by atoms with E-state index in [1.165, 1.54) is 6.07 Å². The molecule has 0 aliphatic carbocycles. The lowest BCUT2D eigenvalue weighted by Gasteiger charge is -2.12. The first-order chi connectivity index (χ1) is 11.3. The second-order valence-electron chi connectivity index (χ2n) is 5.31. The minimum absolute atomic E-state index is 0.322. The van der Waals surface area contributed by atoms with Crippen LogP contribution in [0, 0.1) is 5.82 Å². The van der Waals surface area contributed by atoms with Gasteiger partial charge in [-0.25, -0.2) is 13.9 Å². The number of anilines is 1. The number of hydrogen-bond donors (Lipinski definition) is 2. The van der Waals surface area contributed by atoms with Gasteiger partial charge < -0.3 is 15.4 Å². The Balaban J connectivity index is 1.87. The van der Waals surface area contributed by atoms with Crippen LogP contribution in [0.1, 0.15) is 0 Å². The monoisotopic (exact) mass is 313 g/mol. The molecule has 0 amide bonds. The van der Waals surface area contributed by atoms with E-state index >= 15 is 0 Å². The molecule has 0 atom stereocenters. The first-order valence-corrected chi connectivity index (χ1v) is 7.53. The molecule has 0 saturated carbocycles. The number of rotatable bonds is 0. The number of halogens is 1. The third kappa shape index (κ3) is 2.70.